The van der Waals surface area contributed by atoms with E-state index >= 15 is 0 Å². The Bertz CT molecular complexity index is 881. The van der Waals surface area contributed by atoms with Crippen molar-refractivity contribution in [2.45, 2.75) is 33.4 Å². The van der Waals surface area contributed by atoms with E-state index in [-0.39, 0.29) is 11.9 Å². The number of nitrogens with one attached hydrogen (secondary N) is 2. The Morgan fingerprint density at radius 2 is 2.13 bits per heavy atom. The van der Waals surface area contributed by atoms with Gasteiger partial charge in [-0.1, -0.05) is 6.58 Å². The number of carbonyl (C=O) groups excluding carboxylic acids is 1. The SMILES string of the molecule is C=CC(=O)N(CC)C[C@@H](C)Nc1cc(CN2CCOCC2)cc(Nc2ncc(C)s2)n1. The molecule has 2 N–H and O–H groups in total. The van der Waals surface area contributed by atoms with Crippen LogP contribution in [0.25, 0.3) is 0 Å². The number of aromatic nitrogens is 2. The first-order valence-electron chi connectivity index (χ1n) is 10.6. The molecule has 9 heteroatoms. The lowest BCUT2D eigenvalue weighted by Gasteiger charge is -2.27. The second-order valence-electron chi connectivity index (χ2n) is 7.66. The van der Waals surface area contributed by atoms with Crippen molar-refractivity contribution in [2.75, 3.05) is 50.0 Å². The number of ether oxygens (including phenoxy) is 1. The van der Waals surface area contributed by atoms with Crippen molar-refractivity contribution in [3.8, 4) is 0 Å². The molecule has 0 spiro atoms. The van der Waals surface area contributed by atoms with Crippen LogP contribution in [0.5, 0.6) is 0 Å². The van der Waals surface area contributed by atoms with Gasteiger partial charge >= 0.3 is 0 Å². The molecule has 1 atom stereocenters. The maximum atomic E-state index is 12.0. The molecule has 0 saturated carbocycles. The monoisotopic (exact) mass is 444 g/mol. The minimum Gasteiger partial charge on any atom is -0.379 e. The van der Waals surface area contributed by atoms with E-state index in [1.165, 1.54) is 6.08 Å². The fourth-order valence-electron chi connectivity index (χ4n) is 3.49. The number of thiazole rings is 1. The van der Waals surface area contributed by atoms with Crippen LogP contribution in [0.15, 0.2) is 31.0 Å². The summed E-state index contributed by atoms with van der Waals surface area (Å²) in [5.41, 5.74) is 1.16. The van der Waals surface area contributed by atoms with E-state index in [0.717, 1.165) is 60.1 Å². The zero-order valence-electron chi connectivity index (χ0n) is 18.6. The highest BCUT2D eigenvalue weighted by molar-refractivity contribution is 7.15. The molecule has 168 valence electrons. The van der Waals surface area contributed by atoms with Gasteiger partial charge in [0, 0.05) is 49.8 Å². The van der Waals surface area contributed by atoms with Gasteiger partial charge in [-0.2, -0.15) is 0 Å². The molecule has 0 bridgehead atoms. The number of hydrogen-bond donors (Lipinski definition) is 2. The van der Waals surface area contributed by atoms with Crippen molar-refractivity contribution in [3.05, 3.63) is 41.4 Å². The Hall–Kier alpha value is -2.49. The van der Waals surface area contributed by atoms with Crippen LogP contribution in [0.3, 0.4) is 0 Å². The summed E-state index contributed by atoms with van der Waals surface area (Å²) in [5, 5.41) is 7.61. The number of hydrogen-bond acceptors (Lipinski definition) is 8. The van der Waals surface area contributed by atoms with Gasteiger partial charge in [0.2, 0.25) is 5.91 Å². The highest BCUT2D eigenvalue weighted by atomic mass is 32.1. The third-order valence-electron chi connectivity index (χ3n) is 5.01. The van der Waals surface area contributed by atoms with Crippen molar-refractivity contribution < 1.29 is 9.53 Å². The van der Waals surface area contributed by atoms with Crippen LogP contribution in [-0.4, -0.2) is 71.1 Å². The normalized spacial score (nSPS) is 15.3. The van der Waals surface area contributed by atoms with Gasteiger partial charge in [-0.3, -0.25) is 9.69 Å². The number of rotatable bonds is 10. The molecule has 1 aliphatic heterocycles. The van der Waals surface area contributed by atoms with Crippen molar-refractivity contribution in [2.24, 2.45) is 0 Å². The van der Waals surface area contributed by atoms with E-state index in [0.29, 0.717) is 13.1 Å². The topological polar surface area (TPSA) is 82.6 Å². The molecular formula is C22H32N6O2S. The van der Waals surface area contributed by atoms with Crippen molar-refractivity contribution >= 4 is 34.0 Å². The number of nitrogens with zero attached hydrogens (tertiary/aromatic N) is 4. The summed E-state index contributed by atoms with van der Waals surface area (Å²) in [7, 11) is 0. The average molecular weight is 445 g/mol. The molecule has 0 unspecified atom stereocenters. The number of carbonyl (C=O) groups is 1. The highest BCUT2D eigenvalue weighted by Crippen LogP contribution is 2.24. The molecule has 0 radical (unpaired) electrons. The predicted molar refractivity (Wildman–Crippen MR) is 126 cm³/mol. The van der Waals surface area contributed by atoms with Crippen LogP contribution in [0.1, 0.15) is 24.3 Å². The van der Waals surface area contributed by atoms with Gasteiger partial charge in [0.1, 0.15) is 11.6 Å². The number of morpholine rings is 1. The van der Waals surface area contributed by atoms with Gasteiger partial charge in [0.05, 0.1) is 13.2 Å². The fraction of sp³-hybridized carbons (Fsp3) is 0.500. The van der Waals surface area contributed by atoms with Crippen molar-refractivity contribution in [1.29, 1.82) is 0 Å². The van der Waals surface area contributed by atoms with Crippen LogP contribution >= 0.6 is 11.3 Å². The summed E-state index contributed by atoms with van der Waals surface area (Å²) in [6, 6.07) is 4.18. The fourth-order valence-corrected chi connectivity index (χ4v) is 4.16. The van der Waals surface area contributed by atoms with E-state index in [1.54, 1.807) is 16.2 Å². The van der Waals surface area contributed by atoms with Gasteiger partial charge in [-0.25, -0.2) is 9.97 Å². The minimum atomic E-state index is -0.0633. The quantitative estimate of drug-likeness (QED) is 0.544. The second kappa shape index (κ2) is 11.2. The Labute approximate surface area is 188 Å². The third-order valence-corrected chi connectivity index (χ3v) is 5.84. The summed E-state index contributed by atoms with van der Waals surface area (Å²) >= 11 is 1.60. The van der Waals surface area contributed by atoms with E-state index in [1.807, 2.05) is 27.0 Å². The van der Waals surface area contributed by atoms with Gasteiger partial charge in [0.15, 0.2) is 5.13 Å². The van der Waals surface area contributed by atoms with Crippen molar-refractivity contribution in [3.63, 3.8) is 0 Å². The lowest BCUT2D eigenvalue weighted by Crippen LogP contribution is -2.38. The molecule has 1 saturated heterocycles. The maximum absolute atomic E-state index is 12.0. The largest absolute Gasteiger partial charge is 0.379 e. The van der Waals surface area contributed by atoms with Crippen LogP contribution in [0.2, 0.25) is 0 Å². The van der Waals surface area contributed by atoms with Gasteiger partial charge in [-0.15, -0.1) is 11.3 Å². The Balaban J connectivity index is 1.76. The summed E-state index contributed by atoms with van der Waals surface area (Å²) in [5.74, 6) is 1.46. The highest BCUT2D eigenvalue weighted by Gasteiger charge is 2.16. The molecular weight excluding hydrogens is 412 g/mol. The smallest absolute Gasteiger partial charge is 0.246 e. The molecule has 31 heavy (non-hydrogen) atoms. The Kier molecular flexibility index (Phi) is 8.39. The third kappa shape index (κ3) is 7.02. The molecule has 1 amide bonds. The van der Waals surface area contributed by atoms with Gasteiger partial charge in [-0.05, 0) is 44.5 Å². The van der Waals surface area contributed by atoms with Crippen LogP contribution in [-0.2, 0) is 16.1 Å². The molecule has 3 rings (SSSR count). The predicted octanol–water partition coefficient (Wildman–Crippen LogP) is 3.26. The second-order valence-corrected chi connectivity index (χ2v) is 8.90. The molecule has 2 aromatic rings. The van der Waals surface area contributed by atoms with Crippen molar-refractivity contribution in [1.82, 2.24) is 19.8 Å². The first-order valence-corrected chi connectivity index (χ1v) is 11.5. The molecule has 8 nitrogen and oxygen atoms in total. The zero-order chi connectivity index (χ0) is 22.2. The summed E-state index contributed by atoms with van der Waals surface area (Å²) in [6.07, 6.45) is 3.21. The zero-order valence-corrected chi connectivity index (χ0v) is 19.4. The van der Waals surface area contributed by atoms with E-state index < -0.39 is 0 Å². The lowest BCUT2D eigenvalue weighted by molar-refractivity contribution is -0.125. The summed E-state index contributed by atoms with van der Waals surface area (Å²) < 4.78 is 5.47. The summed E-state index contributed by atoms with van der Waals surface area (Å²) in [4.78, 5) is 26.4. The Morgan fingerprint density at radius 1 is 1.39 bits per heavy atom. The van der Waals surface area contributed by atoms with Gasteiger partial charge < -0.3 is 20.3 Å². The van der Waals surface area contributed by atoms with E-state index in [9.17, 15) is 4.79 Å². The molecule has 1 aliphatic rings. The van der Waals surface area contributed by atoms with Crippen LogP contribution in [0, 0.1) is 6.92 Å². The van der Waals surface area contributed by atoms with Gasteiger partial charge in [0.25, 0.3) is 0 Å². The number of aryl methyl sites for hydroxylation is 1. The standard InChI is InChI=1S/C22H32N6O2S/c1-5-21(29)28(6-2)14-16(3)24-19-11-18(15-27-7-9-30-10-8-27)12-20(25-19)26-22-23-13-17(4)31-22/h5,11-13,16H,1,6-10,14-15H2,2-4H3,(H2,23,24,25,26)/t16-/m1/s1. The molecule has 3 heterocycles. The van der Waals surface area contributed by atoms with E-state index in [2.05, 4.69) is 39.2 Å². The number of pyridine rings is 1. The number of anilines is 3. The molecule has 0 aliphatic carbocycles. The summed E-state index contributed by atoms with van der Waals surface area (Å²) in [6.45, 7) is 15.0. The van der Waals surface area contributed by atoms with E-state index in [4.69, 9.17) is 9.72 Å². The first kappa shape index (κ1) is 23.2. The Morgan fingerprint density at radius 3 is 2.77 bits per heavy atom. The maximum Gasteiger partial charge on any atom is 0.246 e. The van der Waals surface area contributed by atoms with Crippen LogP contribution < -0.4 is 10.6 Å². The lowest BCUT2D eigenvalue weighted by atomic mass is 10.2. The molecule has 0 aromatic carbocycles. The first-order chi connectivity index (χ1) is 15.0. The average Bonchev–Trinajstić information content (AvgIpc) is 3.16. The molecule has 2 aromatic heterocycles. The van der Waals surface area contributed by atoms with Crippen LogP contribution in [0.4, 0.5) is 16.8 Å². The number of likely N-dealkylation sites (N-methyl/N-ethyl adjacent to an activating group) is 1. The molecule has 1 fully saturated rings. The number of amides is 1. The minimum absolute atomic E-state index is 0.0324.